The Labute approximate surface area is 233 Å². The van der Waals surface area contributed by atoms with Crippen molar-refractivity contribution in [2.24, 2.45) is 0 Å². The maximum absolute atomic E-state index is 14.3. The monoisotopic (exact) mass is 576 g/mol. The SMILES string of the molecule is O=C(OCCCN1C(=O)c2ccccc2C1=O)c1cccc2nc(C3C(=O)c4c(F)c(F)c(F)c(F)c4C3=O)ccc12. The van der Waals surface area contributed by atoms with E-state index in [4.69, 9.17) is 4.74 Å². The molecule has 1 aromatic heterocycles. The van der Waals surface area contributed by atoms with Crippen LogP contribution >= 0.6 is 0 Å². The second kappa shape index (κ2) is 9.98. The number of pyridine rings is 1. The van der Waals surface area contributed by atoms with Gasteiger partial charge in [0.05, 0.1) is 45.6 Å². The molecular formula is C30H16F4N2O6. The number of amides is 2. The predicted octanol–water partition coefficient (Wildman–Crippen LogP) is 4.80. The van der Waals surface area contributed by atoms with Gasteiger partial charge in [-0.2, -0.15) is 0 Å². The first kappa shape index (κ1) is 26.9. The highest BCUT2D eigenvalue weighted by molar-refractivity contribution is 6.30. The molecule has 12 heteroatoms. The minimum absolute atomic E-state index is 0.0287. The zero-order chi connectivity index (χ0) is 29.9. The van der Waals surface area contributed by atoms with Crippen molar-refractivity contribution < 1.29 is 46.3 Å². The zero-order valence-corrected chi connectivity index (χ0v) is 21.3. The lowest BCUT2D eigenvalue weighted by molar-refractivity contribution is 0.0484. The third kappa shape index (κ3) is 3.98. The Bertz CT molecular complexity index is 1820. The largest absolute Gasteiger partial charge is 0.462 e. The van der Waals surface area contributed by atoms with E-state index in [0.29, 0.717) is 11.1 Å². The fourth-order valence-corrected chi connectivity index (χ4v) is 5.19. The Kier molecular flexibility index (Phi) is 6.40. The summed E-state index contributed by atoms with van der Waals surface area (Å²) < 4.78 is 61.4. The van der Waals surface area contributed by atoms with Crippen LogP contribution in [0.3, 0.4) is 0 Å². The molecule has 0 N–H and O–H groups in total. The van der Waals surface area contributed by atoms with Crippen molar-refractivity contribution in [2.75, 3.05) is 13.2 Å². The molecule has 1 aliphatic heterocycles. The van der Waals surface area contributed by atoms with Gasteiger partial charge in [0.25, 0.3) is 11.8 Å². The van der Waals surface area contributed by atoms with E-state index in [-0.39, 0.29) is 41.7 Å². The Morgan fingerprint density at radius 2 is 1.36 bits per heavy atom. The zero-order valence-electron chi connectivity index (χ0n) is 21.3. The number of ketones is 2. The maximum atomic E-state index is 14.3. The van der Waals surface area contributed by atoms with Crippen LogP contribution in [0.4, 0.5) is 17.6 Å². The molecule has 1 aliphatic carbocycles. The number of aromatic nitrogens is 1. The summed E-state index contributed by atoms with van der Waals surface area (Å²) in [5.41, 5.74) is -1.78. The van der Waals surface area contributed by atoms with Gasteiger partial charge >= 0.3 is 5.97 Å². The molecule has 0 radical (unpaired) electrons. The molecule has 42 heavy (non-hydrogen) atoms. The summed E-state index contributed by atoms with van der Waals surface area (Å²) in [4.78, 5) is 68.7. The molecule has 4 aromatic rings. The van der Waals surface area contributed by atoms with Gasteiger partial charge in [-0.15, -0.1) is 0 Å². The van der Waals surface area contributed by atoms with Gasteiger partial charge in [-0.3, -0.25) is 29.1 Å². The normalized spacial score (nSPS) is 14.6. The van der Waals surface area contributed by atoms with Crippen LogP contribution in [0.1, 0.15) is 69.8 Å². The number of nitrogens with zero attached hydrogens (tertiary/aromatic N) is 2. The molecule has 2 aliphatic rings. The van der Waals surface area contributed by atoms with Gasteiger partial charge in [0.15, 0.2) is 34.8 Å². The molecule has 0 fully saturated rings. The fraction of sp³-hybridized carbons (Fsp3) is 0.133. The average Bonchev–Trinajstić information content (AvgIpc) is 3.40. The van der Waals surface area contributed by atoms with E-state index in [0.717, 1.165) is 4.90 Å². The van der Waals surface area contributed by atoms with Gasteiger partial charge in [0, 0.05) is 11.9 Å². The number of hydrogen-bond donors (Lipinski definition) is 0. The molecule has 0 saturated carbocycles. The molecule has 210 valence electrons. The lowest BCUT2D eigenvalue weighted by Crippen LogP contribution is -2.31. The van der Waals surface area contributed by atoms with Gasteiger partial charge in [-0.1, -0.05) is 24.3 Å². The molecule has 2 heterocycles. The Balaban J connectivity index is 1.18. The quantitative estimate of drug-likeness (QED) is 0.0617. The molecule has 0 atom stereocenters. The molecule has 2 amide bonds. The molecule has 8 nitrogen and oxygen atoms in total. The lowest BCUT2D eigenvalue weighted by Gasteiger charge is -2.14. The van der Waals surface area contributed by atoms with Crippen LogP contribution < -0.4 is 0 Å². The van der Waals surface area contributed by atoms with E-state index >= 15 is 0 Å². The Hall–Kier alpha value is -5.26. The third-order valence-corrected chi connectivity index (χ3v) is 7.19. The number of rotatable bonds is 6. The van der Waals surface area contributed by atoms with Gasteiger partial charge in [-0.25, -0.2) is 22.4 Å². The first-order chi connectivity index (χ1) is 20.1. The number of carbonyl (C=O) groups is 5. The van der Waals surface area contributed by atoms with Gasteiger partial charge in [0.1, 0.15) is 5.92 Å². The molecule has 3 aromatic carbocycles. The number of hydrogen-bond acceptors (Lipinski definition) is 7. The summed E-state index contributed by atoms with van der Waals surface area (Å²) in [7, 11) is 0. The van der Waals surface area contributed by atoms with E-state index in [1.165, 1.54) is 30.3 Å². The number of imide groups is 1. The van der Waals surface area contributed by atoms with Crippen molar-refractivity contribution in [3.05, 3.63) is 111 Å². The van der Waals surface area contributed by atoms with Crippen LogP contribution in [0.2, 0.25) is 0 Å². The fourth-order valence-electron chi connectivity index (χ4n) is 5.19. The summed E-state index contributed by atoms with van der Waals surface area (Å²) in [5.74, 6) is -14.3. The van der Waals surface area contributed by atoms with E-state index < -0.39 is 69.7 Å². The van der Waals surface area contributed by atoms with E-state index in [2.05, 4.69) is 4.98 Å². The van der Waals surface area contributed by atoms with Crippen molar-refractivity contribution in [2.45, 2.75) is 12.3 Å². The predicted molar refractivity (Wildman–Crippen MR) is 136 cm³/mol. The maximum Gasteiger partial charge on any atom is 0.338 e. The molecule has 0 saturated heterocycles. The Morgan fingerprint density at radius 1 is 0.762 bits per heavy atom. The summed E-state index contributed by atoms with van der Waals surface area (Å²) in [6.45, 7) is -0.0946. The summed E-state index contributed by atoms with van der Waals surface area (Å²) in [6.07, 6.45) is 0.172. The van der Waals surface area contributed by atoms with Crippen molar-refractivity contribution >= 4 is 40.3 Å². The molecule has 0 unspecified atom stereocenters. The van der Waals surface area contributed by atoms with Crippen molar-refractivity contribution in [1.82, 2.24) is 9.88 Å². The standard InChI is InChI=1S/C30H16F4N2O6/c31-22-20-21(23(32)25(34)24(22)33)27(38)19(26(20)37)18-10-9-13-16(7-3-8-17(13)35-18)30(41)42-12-4-11-36-28(39)14-5-1-2-6-15(14)29(36)40/h1-3,5-10,19H,4,11-12H2. The number of benzene rings is 3. The van der Waals surface area contributed by atoms with Crippen LogP contribution in [0.25, 0.3) is 10.9 Å². The second-order valence-electron chi connectivity index (χ2n) is 9.57. The first-order valence-corrected chi connectivity index (χ1v) is 12.6. The highest BCUT2D eigenvalue weighted by Crippen LogP contribution is 2.38. The highest BCUT2D eigenvalue weighted by Gasteiger charge is 2.47. The van der Waals surface area contributed by atoms with Crippen LogP contribution in [-0.4, -0.2) is 52.4 Å². The van der Waals surface area contributed by atoms with Crippen LogP contribution in [0.5, 0.6) is 0 Å². The number of esters is 1. The smallest absolute Gasteiger partial charge is 0.338 e. The Morgan fingerprint density at radius 3 is 1.95 bits per heavy atom. The van der Waals surface area contributed by atoms with Crippen LogP contribution in [-0.2, 0) is 4.74 Å². The summed E-state index contributed by atoms with van der Waals surface area (Å²) in [6, 6.07) is 13.3. The second-order valence-corrected chi connectivity index (χ2v) is 9.57. The van der Waals surface area contributed by atoms with Crippen LogP contribution in [0, 0.1) is 23.3 Å². The molecular weight excluding hydrogens is 560 g/mol. The van der Waals surface area contributed by atoms with Gasteiger partial charge < -0.3 is 4.74 Å². The number of halogens is 4. The molecule has 6 rings (SSSR count). The number of carbonyl (C=O) groups excluding carboxylic acids is 5. The van der Waals surface area contributed by atoms with E-state index in [9.17, 15) is 41.5 Å². The van der Waals surface area contributed by atoms with Crippen LogP contribution in [0.15, 0.2) is 54.6 Å². The average molecular weight is 576 g/mol. The summed E-state index contributed by atoms with van der Waals surface area (Å²) in [5, 5.41) is 0.261. The van der Waals surface area contributed by atoms with Gasteiger partial charge in [0.2, 0.25) is 0 Å². The van der Waals surface area contributed by atoms with Crippen molar-refractivity contribution in [1.29, 1.82) is 0 Å². The highest BCUT2D eigenvalue weighted by atomic mass is 19.2. The lowest BCUT2D eigenvalue weighted by atomic mass is 9.97. The van der Waals surface area contributed by atoms with Crippen molar-refractivity contribution in [3.63, 3.8) is 0 Å². The van der Waals surface area contributed by atoms with Gasteiger partial charge in [-0.05, 0) is 36.8 Å². The van der Waals surface area contributed by atoms with E-state index in [1.54, 1.807) is 24.3 Å². The van der Waals surface area contributed by atoms with E-state index in [1.807, 2.05) is 0 Å². The third-order valence-electron chi connectivity index (χ3n) is 7.19. The first-order valence-electron chi connectivity index (χ1n) is 12.6. The number of fused-ring (bicyclic) bond motifs is 3. The minimum Gasteiger partial charge on any atom is -0.462 e. The molecule has 0 bridgehead atoms. The molecule has 0 spiro atoms. The minimum atomic E-state index is -2.20. The number of Topliss-reactive ketones (excluding diaryl/α,β-unsaturated/α-hetero) is 2. The summed E-state index contributed by atoms with van der Waals surface area (Å²) >= 11 is 0. The number of ether oxygens (including phenoxy) is 1. The topological polar surface area (TPSA) is 111 Å². The van der Waals surface area contributed by atoms with Crippen molar-refractivity contribution in [3.8, 4) is 0 Å².